The lowest BCUT2D eigenvalue weighted by Gasteiger charge is -2.28. The van der Waals surface area contributed by atoms with Crippen LogP contribution < -0.4 is 0 Å². The molecule has 0 heterocycles. The standard InChI is InChI=1S/C14H8Cl2O2/c15-7-1-3-9-11(5-7)14(18)10-4-2-8(16)6-12(10)13(9)17/h1-6,9,11H. The zero-order valence-electron chi connectivity index (χ0n) is 9.19. The molecular weight excluding hydrogens is 271 g/mol. The Hall–Kier alpha value is -1.38. The third-order valence-corrected chi connectivity index (χ3v) is 3.79. The highest BCUT2D eigenvalue weighted by atomic mass is 35.5. The van der Waals surface area contributed by atoms with E-state index < -0.39 is 11.8 Å². The summed E-state index contributed by atoms with van der Waals surface area (Å²) in [5.74, 6) is -1.09. The molecule has 0 saturated carbocycles. The average Bonchev–Trinajstić information content (AvgIpc) is 2.36. The summed E-state index contributed by atoms with van der Waals surface area (Å²) in [6.45, 7) is 0. The monoisotopic (exact) mass is 278 g/mol. The predicted octanol–water partition coefficient (Wildman–Crippen LogP) is 3.64. The Morgan fingerprint density at radius 2 is 1.67 bits per heavy atom. The van der Waals surface area contributed by atoms with Crippen LogP contribution in [0, 0.1) is 11.8 Å². The minimum atomic E-state index is -0.483. The quantitative estimate of drug-likeness (QED) is 0.726. The van der Waals surface area contributed by atoms with Gasteiger partial charge >= 0.3 is 0 Å². The maximum Gasteiger partial charge on any atom is 0.171 e. The van der Waals surface area contributed by atoms with Gasteiger partial charge in [-0.05, 0) is 24.3 Å². The molecule has 2 aliphatic rings. The van der Waals surface area contributed by atoms with Gasteiger partial charge in [0.05, 0.1) is 11.8 Å². The van der Waals surface area contributed by atoms with Crippen molar-refractivity contribution in [1.29, 1.82) is 0 Å². The van der Waals surface area contributed by atoms with E-state index >= 15 is 0 Å². The number of fused-ring (bicyclic) bond motifs is 2. The minimum Gasteiger partial charge on any atom is -0.293 e. The van der Waals surface area contributed by atoms with Crippen molar-refractivity contribution in [3.05, 3.63) is 57.6 Å². The molecule has 4 heteroatoms. The van der Waals surface area contributed by atoms with Gasteiger partial charge in [0.1, 0.15) is 0 Å². The Balaban J connectivity index is 2.19. The molecule has 0 spiro atoms. The van der Waals surface area contributed by atoms with Gasteiger partial charge in [0, 0.05) is 21.2 Å². The van der Waals surface area contributed by atoms with Crippen LogP contribution in [0.15, 0.2) is 41.5 Å². The summed E-state index contributed by atoms with van der Waals surface area (Å²) in [6.07, 6.45) is 4.99. The number of ketones is 2. The van der Waals surface area contributed by atoms with Crippen LogP contribution in [0.25, 0.3) is 0 Å². The molecule has 1 aromatic rings. The van der Waals surface area contributed by atoms with Crippen LogP contribution in [-0.4, -0.2) is 11.6 Å². The van der Waals surface area contributed by atoms with Crippen LogP contribution in [0.2, 0.25) is 5.02 Å². The number of hydrogen-bond acceptors (Lipinski definition) is 2. The molecule has 0 aliphatic heterocycles. The highest BCUT2D eigenvalue weighted by molar-refractivity contribution is 6.33. The number of carbonyl (C=O) groups excluding carboxylic acids is 2. The summed E-state index contributed by atoms with van der Waals surface area (Å²) in [5.41, 5.74) is 0.839. The molecule has 0 saturated heterocycles. The summed E-state index contributed by atoms with van der Waals surface area (Å²) < 4.78 is 0. The molecule has 2 aliphatic carbocycles. The van der Waals surface area contributed by atoms with Crippen LogP contribution in [0.5, 0.6) is 0 Å². The first-order valence-electron chi connectivity index (χ1n) is 5.51. The highest BCUT2D eigenvalue weighted by Crippen LogP contribution is 2.36. The second kappa shape index (κ2) is 4.08. The van der Waals surface area contributed by atoms with Gasteiger partial charge in [-0.3, -0.25) is 9.59 Å². The first kappa shape index (κ1) is 11.7. The van der Waals surface area contributed by atoms with Crippen molar-refractivity contribution >= 4 is 34.8 Å². The summed E-state index contributed by atoms with van der Waals surface area (Å²) in [5, 5.41) is 0.955. The van der Waals surface area contributed by atoms with E-state index in [0.717, 1.165) is 0 Å². The molecule has 0 aromatic heterocycles. The van der Waals surface area contributed by atoms with Crippen molar-refractivity contribution < 1.29 is 9.59 Å². The van der Waals surface area contributed by atoms with E-state index in [1.54, 1.807) is 36.4 Å². The molecular formula is C14H8Cl2O2. The molecule has 0 fully saturated rings. The smallest absolute Gasteiger partial charge is 0.171 e. The van der Waals surface area contributed by atoms with Crippen molar-refractivity contribution in [3.8, 4) is 0 Å². The van der Waals surface area contributed by atoms with E-state index in [9.17, 15) is 9.59 Å². The van der Waals surface area contributed by atoms with E-state index in [1.807, 2.05) is 0 Å². The van der Waals surface area contributed by atoms with Gasteiger partial charge in [-0.25, -0.2) is 0 Å². The molecule has 2 unspecified atom stereocenters. The maximum atomic E-state index is 12.3. The molecule has 0 amide bonds. The molecule has 90 valence electrons. The van der Waals surface area contributed by atoms with Crippen LogP contribution in [0.3, 0.4) is 0 Å². The molecule has 3 rings (SSSR count). The van der Waals surface area contributed by atoms with E-state index in [0.29, 0.717) is 21.2 Å². The number of rotatable bonds is 0. The van der Waals surface area contributed by atoms with Gasteiger partial charge in [-0.1, -0.05) is 35.4 Å². The third-order valence-electron chi connectivity index (χ3n) is 3.31. The van der Waals surface area contributed by atoms with E-state index in [1.165, 1.54) is 0 Å². The fourth-order valence-corrected chi connectivity index (χ4v) is 2.81. The Morgan fingerprint density at radius 1 is 0.944 bits per heavy atom. The lowest BCUT2D eigenvalue weighted by Crippen LogP contribution is -2.35. The zero-order chi connectivity index (χ0) is 12.9. The fourth-order valence-electron chi connectivity index (χ4n) is 2.43. The summed E-state index contributed by atoms with van der Waals surface area (Å²) in [7, 11) is 0. The lowest BCUT2D eigenvalue weighted by atomic mass is 9.72. The summed E-state index contributed by atoms with van der Waals surface area (Å²) >= 11 is 11.8. The van der Waals surface area contributed by atoms with Gasteiger partial charge in [-0.2, -0.15) is 0 Å². The molecule has 18 heavy (non-hydrogen) atoms. The first-order chi connectivity index (χ1) is 8.58. The normalized spacial score (nSPS) is 25.6. The molecule has 1 aromatic carbocycles. The van der Waals surface area contributed by atoms with Crippen molar-refractivity contribution in [2.24, 2.45) is 11.8 Å². The second-order valence-electron chi connectivity index (χ2n) is 4.38. The van der Waals surface area contributed by atoms with Crippen LogP contribution in [0.1, 0.15) is 20.7 Å². The Bertz CT molecular complexity index is 629. The van der Waals surface area contributed by atoms with Crippen LogP contribution >= 0.6 is 23.2 Å². The number of Topliss-reactive ketones (excluding diaryl/α,β-unsaturated/α-hetero) is 2. The van der Waals surface area contributed by atoms with Crippen molar-refractivity contribution in [2.45, 2.75) is 0 Å². The highest BCUT2D eigenvalue weighted by Gasteiger charge is 2.40. The molecule has 0 N–H and O–H groups in total. The van der Waals surface area contributed by atoms with Gasteiger partial charge in [0.2, 0.25) is 0 Å². The van der Waals surface area contributed by atoms with Crippen LogP contribution in [-0.2, 0) is 0 Å². The minimum absolute atomic E-state index is 0.0752. The van der Waals surface area contributed by atoms with E-state index in [-0.39, 0.29) is 11.6 Å². The zero-order valence-corrected chi connectivity index (χ0v) is 10.7. The lowest BCUT2D eigenvalue weighted by molar-refractivity contribution is 0.0801. The van der Waals surface area contributed by atoms with Gasteiger partial charge in [-0.15, -0.1) is 0 Å². The second-order valence-corrected chi connectivity index (χ2v) is 5.25. The number of hydrogen-bond donors (Lipinski definition) is 0. The van der Waals surface area contributed by atoms with Gasteiger partial charge < -0.3 is 0 Å². The number of halogens is 2. The number of benzene rings is 1. The topological polar surface area (TPSA) is 34.1 Å². The molecule has 0 radical (unpaired) electrons. The van der Waals surface area contributed by atoms with Crippen molar-refractivity contribution in [1.82, 2.24) is 0 Å². The average molecular weight is 279 g/mol. The predicted molar refractivity (Wildman–Crippen MR) is 70.2 cm³/mol. The number of allylic oxidation sites excluding steroid dienone is 4. The van der Waals surface area contributed by atoms with Crippen molar-refractivity contribution in [2.75, 3.05) is 0 Å². The van der Waals surface area contributed by atoms with Gasteiger partial charge in [0.25, 0.3) is 0 Å². The van der Waals surface area contributed by atoms with Crippen molar-refractivity contribution in [3.63, 3.8) is 0 Å². The van der Waals surface area contributed by atoms with Crippen LogP contribution in [0.4, 0.5) is 0 Å². The molecule has 2 nitrogen and oxygen atoms in total. The molecule has 2 atom stereocenters. The summed E-state index contributed by atoms with van der Waals surface area (Å²) in [4.78, 5) is 24.6. The van der Waals surface area contributed by atoms with E-state index in [2.05, 4.69) is 0 Å². The third kappa shape index (κ3) is 1.64. The summed E-state index contributed by atoms with van der Waals surface area (Å²) in [6, 6.07) is 4.78. The Kier molecular flexibility index (Phi) is 2.65. The van der Waals surface area contributed by atoms with E-state index in [4.69, 9.17) is 23.2 Å². The maximum absolute atomic E-state index is 12.3. The first-order valence-corrected chi connectivity index (χ1v) is 6.27. The van der Waals surface area contributed by atoms with Gasteiger partial charge in [0.15, 0.2) is 11.6 Å². The number of carbonyl (C=O) groups is 2. The largest absolute Gasteiger partial charge is 0.293 e. The molecule has 0 bridgehead atoms. The SMILES string of the molecule is O=C1c2ccc(Cl)cc2C(=O)C2C=CC(Cl)=CC12. The Labute approximate surface area is 114 Å². The fraction of sp³-hybridized carbons (Fsp3) is 0.143. The Morgan fingerprint density at radius 3 is 2.44 bits per heavy atom.